The van der Waals surface area contributed by atoms with E-state index in [9.17, 15) is 4.79 Å². The Morgan fingerprint density at radius 3 is 2.79 bits per heavy atom. The van der Waals surface area contributed by atoms with Crippen LogP contribution in [0.1, 0.15) is 5.56 Å². The minimum atomic E-state index is -0.213. The fourth-order valence-electron chi connectivity index (χ4n) is 1.55. The number of carbonyl (C=O) groups is 1. The molecule has 1 amide bonds. The van der Waals surface area contributed by atoms with Crippen molar-refractivity contribution in [2.75, 3.05) is 13.2 Å². The van der Waals surface area contributed by atoms with Gasteiger partial charge in [-0.05, 0) is 23.8 Å². The number of thiocarbonyl (C=S) groups is 1. The SMILES string of the molecule is O=C1/C(=C/c2ccc(Cl)cc2Cl)SC(=S)N1CCO. The monoisotopic (exact) mass is 333 g/mol. The number of aliphatic hydroxyl groups excluding tert-OH is 1. The van der Waals surface area contributed by atoms with E-state index in [2.05, 4.69) is 0 Å². The molecular weight excluding hydrogens is 325 g/mol. The molecule has 0 aromatic heterocycles. The third-order valence-electron chi connectivity index (χ3n) is 2.45. The third kappa shape index (κ3) is 3.30. The maximum Gasteiger partial charge on any atom is 0.266 e. The molecule has 7 heteroatoms. The van der Waals surface area contributed by atoms with Crippen molar-refractivity contribution in [2.45, 2.75) is 0 Å². The summed E-state index contributed by atoms with van der Waals surface area (Å²) in [6, 6.07) is 5.06. The largest absolute Gasteiger partial charge is 0.395 e. The van der Waals surface area contributed by atoms with Crippen molar-refractivity contribution in [1.29, 1.82) is 0 Å². The van der Waals surface area contributed by atoms with Crippen molar-refractivity contribution >= 4 is 63.5 Å². The van der Waals surface area contributed by atoms with E-state index in [0.717, 1.165) is 0 Å². The highest BCUT2D eigenvalue weighted by atomic mass is 35.5. The van der Waals surface area contributed by atoms with Gasteiger partial charge in [0.1, 0.15) is 4.32 Å². The summed E-state index contributed by atoms with van der Waals surface area (Å²) in [5.41, 5.74) is 0.704. The van der Waals surface area contributed by atoms with Gasteiger partial charge < -0.3 is 5.11 Å². The van der Waals surface area contributed by atoms with Crippen LogP contribution in [0.4, 0.5) is 0 Å². The highest BCUT2D eigenvalue weighted by Crippen LogP contribution is 2.33. The van der Waals surface area contributed by atoms with Crippen molar-refractivity contribution < 1.29 is 9.90 Å². The van der Waals surface area contributed by atoms with Crippen LogP contribution in [-0.2, 0) is 4.79 Å². The smallest absolute Gasteiger partial charge is 0.266 e. The number of hydrogen-bond donors (Lipinski definition) is 1. The first-order valence-corrected chi connectivity index (χ1v) is 7.32. The molecule has 0 atom stereocenters. The Morgan fingerprint density at radius 1 is 1.42 bits per heavy atom. The maximum atomic E-state index is 12.1. The molecule has 0 saturated carbocycles. The minimum Gasteiger partial charge on any atom is -0.395 e. The lowest BCUT2D eigenvalue weighted by Gasteiger charge is -2.11. The molecule has 0 bridgehead atoms. The summed E-state index contributed by atoms with van der Waals surface area (Å²) in [7, 11) is 0. The Balaban J connectivity index is 2.30. The summed E-state index contributed by atoms with van der Waals surface area (Å²) in [6.07, 6.45) is 1.68. The zero-order valence-corrected chi connectivity index (χ0v) is 12.7. The molecule has 19 heavy (non-hydrogen) atoms. The number of amides is 1. The van der Waals surface area contributed by atoms with Crippen LogP contribution in [-0.4, -0.2) is 33.4 Å². The number of halogens is 2. The second-order valence-corrected chi connectivity index (χ2v) is 6.24. The highest BCUT2D eigenvalue weighted by molar-refractivity contribution is 8.26. The molecule has 0 radical (unpaired) electrons. The van der Waals surface area contributed by atoms with E-state index < -0.39 is 0 Å². The van der Waals surface area contributed by atoms with E-state index in [1.807, 2.05) is 0 Å². The minimum absolute atomic E-state index is 0.124. The standard InChI is InChI=1S/C12H9Cl2NO2S2/c13-8-2-1-7(9(14)6-8)5-10-11(17)15(3-4-16)12(18)19-10/h1-2,5-6,16H,3-4H2/b10-5-. The summed E-state index contributed by atoms with van der Waals surface area (Å²) in [6.45, 7) is 0.0811. The van der Waals surface area contributed by atoms with Crippen LogP contribution in [0.15, 0.2) is 23.1 Å². The highest BCUT2D eigenvalue weighted by Gasteiger charge is 2.31. The molecule has 1 N–H and O–H groups in total. The van der Waals surface area contributed by atoms with Gasteiger partial charge >= 0.3 is 0 Å². The molecule has 2 rings (SSSR count). The van der Waals surface area contributed by atoms with Crippen LogP contribution in [0.25, 0.3) is 6.08 Å². The number of benzene rings is 1. The molecule has 1 aromatic carbocycles. The molecule has 1 aliphatic heterocycles. The zero-order chi connectivity index (χ0) is 14.0. The van der Waals surface area contributed by atoms with Crippen molar-refractivity contribution in [3.05, 3.63) is 38.7 Å². The molecule has 1 aromatic rings. The van der Waals surface area contributed by atoms with Crippen molar-refractivity contribution in [2.24, 2.45) is 0 Å². The van der Waals surface area contributed by atoms with Gasteiger partial charge in [0.25, 0.3) is 5.91 Å². The van der Waals surface area contributed by atoms with E-state index in [-0.39, 0.29) is 19.1 Å². The number of hydrogen-bond acceptors (Lipinski definition) is 4. The number of nitrogens with zero attached hydrogens (tertiary/aromatic N) is 1. The average molecular weight is 334 g/mol. The van der Waals surface area contributed by atoms with Crippen LogP contribution in [0.3, 0.4) is 0 Å². The Kier molecular flexibility index (Phi) is 4.86. The zero-order valence-electron chi connectivity index (χ0n) is 9.60. The molecule has 0 unspecified atom stereocenters. The lowest BCUT2D eigenvalue weighted by Crippen LogP contribution is -2.30. The normalized spacial score (nSPS) is 17.6. The Labute approximate surface area is 130 Å². The summed E-state index contributed by atoms with van der Waals surface area (Å²) in [4.78, 5) is 13.9. The second-order valence-electron chi connectivity index (χ2n) is 3.72. The Morgan fingerprint density at radius 2 is 2.16 bits per heavy atom. The van der Waals surface area contributed by atoms with Gasteiger partial charge in [-0.25, -0.2) is 0 Å². The lowest BCUT2D eigenvalue weighted by atomic mass is 10.2. The first-order chi connectivity index (χ1) is 9.02. The van der Waals surface area contributed by atoms with Crippen LogP contribution in [0.5, 0.6) is 0 Å². The van der Waals surface area contributed by atoms with Crippen molar-refractivity contribution in [3.8, 4) is 0 Å². The Bertz CT molecular complexity index is 575. The van der Waals surface area contributed by atoms with Gasteiger partial charge in [0.05, 0.1) is 18.1 Å². The van der Waals surface area contributed by atoms with Gasteiger partial charge in [0, 0.05) is 10.0 Å². The first-order valence-electron chi connectivity index (χ1n) is 5.34. The molecule has 100 valence electrons. The van der Waals surface area contributed by atoms with Crippen molar-refractivity contribution in [3.63, 3.8) is 0 Å². The van der Waals surface area contributed by atoms with Gasteiger partial charge in [-0.2, -0.15) is 0 Å². The average Bonchev–Trinajstić information content (AvgIpc) is 2.61. The molecule has 1 aliphatic rings. The number of thioether (sulfide) groups is 1. The maximum absolute atomic E-state index is 12.1. The summed E-state index contributed by atoms with van der Waals surface area (Å²) in [5, 5.41) is 9.90. The fourth-order valence-corrected chi connectivity index (χ4v) is 3.32. The summed E-state index contributed by atoms with van der Waals surface area (Å²) >= 11 is 18.2. The van der Waals surface area contributed by atoms with Gasteiger partial charge in [-0.1, -0.05) is 53.2 Å². The van der Waals surface area contributed by atoms with E-state index in [4.69, 9.17) is 40.5 Å². The number of β-amino-alcohol motifs (C(OH)–C–C–N with tert-alkyl or cyclic N) is 1. The lowest BCUT2D eigenvalue weighted by molar-refractivity contribution is -0.122. The van der Waals surface area contributed by atoms with E-state index in [0.29, 0.717) is 24.8 Å². The van der Waals surface area contributed by atoms with Gasteiger partial charge in [0.2, 0.25) is 0 Å². The van der Waals surface area contributed by atoms with Gasteiger partial charge in [-0.15, -0.1) is 0 Å². The predicted octanol–water partition coefficient (Wildman–Crippen LogP) is 3.19. The number of aliphatic hydroxyl groups is 1. The number of rotatable bonds is 3. The van der Waals surface area contributed by atoms with Crippen molar-refractivity contribution in [1.82, 2.24) is 4.90 Å². The van der Waals surface area contributed by atoms with E-state index >= 15 is 0 Å². The predicted molar refractivity (Wildman–Crippen MR) is 83.4 cm³/mol. The van der Waals surface area contributed by atoms with Gasteiger partial charge in [-0.3, -0.25) is 9.69 Å². The fraction of sp³-hybridized carbons (Fsp3) is 0.167. The molecular formula is C12H9Cl2NO2S2. The molecule has 3 nitrogen and oxygen atoms in total. The summed E-state index contributed by atoms with van der Waals surface area (Å²) in [5.74, 6) is -0.213. The van der Waals surface area contributed by atoms with Gasteiger partial charge in [0.15, 0.2) is 0 Å². The summed E-state index contributed by atoms with van der Waals surface area (Å²) < 4.78 is 0.440. The molecule has 1 heterocycles. The van der Waals surface area contributed by atoms with Crippen LogP contribution in [0, 0.1) is 0 Å². The molecule has 1 fully saturated rings. The van der Waals surface area contributed by atoms with E-state index in [1.165, 1.54) is 16.7 Å². The molecule has 0 aliphatic carbocycles. The van der Waals surface area contributed by atoms with E-state index in [1.54, 1.807) is 24.3 Å². The quantitative estimate of drug-likeness (QED) is 0.681. The number of carbonyl (C=O) groups excluding carboxylic acids is 1. The third-order valence-corrected chi connectivity index (χ3v) is 4.39. The molecule has 1 saturated heterocycles. The topological polar surface area (TPSA) is 40.5 Å². The van der Waals surface area contributed by atoms with Crippen LogP contribution in [0.2, 0.25) is 10.0 Å². The van der Waals surface area contributed by atoms with Crippen LogP contribution >= 0.6 is 47.2 Å². The molecule has 0 spiro atoms. The second kappa shape index (κ2) is 6.24. The first kappa shape index (κ1) is 14.8. The Hall–Kier alpha value is -0.590. The van der Waals surface area contributed by atoms with Crippen LogP contribution < -0.4 is 0 Å².